The van der Waals surface area contributed by atoms with Crippen LogP contribution in [0.15, 0.2) is 17.0 Å². The van der Waals surface area contributed by atoms with E-state index in [-0.39, 0.29) is 11.0 Å². The molecule has 1 heterocycles. The molecule has 21 heavy (non-hydrogen) atoms. The quantitative estimate of drug-likeness (QED) is 0.864. The highest BCUT2D eigenvalue weighted by Gasteiger charge is 2.26. The van der Waals surface area contributed by atoms with Crippen LogP contribution in [-0.2, 0) is 14.8 Å². The first-order valence-electron chi connectivity index (χ1n) is 7.27. The average Bonchev–Trinajstić information content (AvgIpc) is 2.45. The highest BCUT2D eigenvalue weighted by molar-refractivity contribution is 7.89. The summed E-state index contributed by atoms with van der Waals surface area (Å²) in [5, 5.41) is 0. The molecule has 6 heteroatoms. The van der Waals surface area contributed by atoms with Crippen LogP contribution in [0.3, 0.4) is 0 Å². The number of nitrogens with zero attached hydrogens (tertiary/aromatic N) is 1. The van der Waals surface area contributed by atoms with E-state index in [1.54, 1.807) is 13.1 Å². The minimum Gasteiger partial charge on any atom is -0.398 e. The third-order valence-electron chi connectivity index (χ3n) is 4.12. The zero-order valence-electron chi connectivity index (χ0n) is 12.9. The van der Waals surface area contributed by atoms with E-state index in [2.05, 4.69) is 0 Å². The van der Waals surface area contributed by atoms with Gasteiger partial charge in [0.05, 0.1) is 11.0 Å². The summed E-state index contributed by atoms with van der Waals surface area (Å²) < 4.78 is 32.3. The number of hydrogen-bond acceptors (Lipinski definition) is 4. The summed E-state index contributed by atoms with van der Waals surface area (Å²) in [6.45, 7) is 4.86. The Morgan fingerprint density at radius 2 is 2.05 bits per heavy atom. The first-order chi connectivity index (χ1) is 9.82. The Labute approximate surface area is 127 Å². The zero-order chi connectivity index (χ0) is 15.6. The van der Waals surface area contributed by atoms with Gasteiger partial charge in [-0.25, -0.2) is 8.42 Å². The lowest BCUT2D eigenvalue weighted by molar-refractivity contribution is 0.00858. The third kappa shape index (κ3) is 3.56. The Kier molecular flexibility index (Phi) is 4.91. The van der Waals surface area contributed by atoms with Crippen molar-refractivity contribution in [1.82, 2.24) is 4.31 Å². The lowest BCUT2D eigenvalue weighted by Gasteiger charge is -2.27. The Morgan fingerprint density at radius 1 is 1.33 bits per heavy atom. The summed E-state index contributed by atoms with van der Waals surface area (Å²) >= 11 is 0. The van der Waals surface area contributed by atoms with E-state index in [0.29, 0.717) is 12.2 Å². The highest BCUT2D eigenvalue weighted by atomic mass is 32.2. The molecule has 1 fully saturated rings. The van der Waals surface area contributed by atoms with Crippen molar-refractivity contribution in [2.24, 2.45) is 0 Å². The predicted octanol–water partition coefficient (Wildman–Crippen LogP) is 2.08. The fraction of sp³-hybridized carbons (Fsp3) is 0.600. The van der Waals surface area contributed by atoms with Crippen LogP contribution in [0.4, 0.5) is 5.69 Å². The van der Waals surface area contributed by atoms with Crippen molar-refractivity contribution in [1.29, 1.82) is 0 Å². The second-order valence-electron chi connectivity index (χ2n) is 5.73. The Bertz CT molecular complexity index is 584. The monoisotopic (exact) mass is 312 g/mol. The summed E-state index contributed by atoms with van der Waals surface area (Å²) in [4.78, 5) is 0.251. The molecule has 2 rings (SSSR count). The van der Waals surface area contributed by atoms with Gasteiger partial charge in [-0.2, -0.15) is 4.31 Å². The molecule has 2 N–H and O–H groups in total. The molecular weight excluding hydrogens is 288 g/mol. The molecular formula is C15H24N2O3S. The molecule has 0 spiro atoms. The Morgan fingerprint density at radius 3 is 2.62 bits per heavy atom. The normalized spacial score (nSPS) is 19.9. The molecule has 0 bridgehead atoms. The lowest BCUT2D eigenvalue weighted by atomic mass is 10.1. The van der Waals surface area contributed by atoms with Crippen molar-refractivity contribution in [2.45, 2.75) is 44.1 Å². The summed E-state index contributed by atoms with van der Waals surface area (Å²) in [5.74, 6) is 0. The number of rotatable bonds is 4. The van der Waals surface area contributed by atoms with Gasteiger partial charge in [-0.05, 0) is 56.4 Å². The van der Waals surface area contributed by atoms with Crippen LogP contribution in [0.5, 0.6) is 0 Å². The fourth-order valence-corrected chi connectivity index (χ4v) is 3.84. The van der Waals surface area contributed by atoms with E-state index >= 15 is 0 Å². The molecule has 118 valence electrons. The van der Waals surface area contributed by atoms with Gasteiger partial charge >= 0.3 is 0 Å². The zero-order valence-corrected chi connectivity index (χ0v) is 13.7. The van der Waals surface area contributed by atoms with Gasteiger partial charge in [0.2, 0.25) is 10.0 Å². The predicted molar refractivity (Wildman–Crippen MR) is 83.7 cm³/mol. The van der Waals surface area contributed by atoms with E-state index in [4.69, 9.17) is 10.5 Å². The summed E-state index contributed by atoms with van der Waals surface area (Å²) in [6.07, 6.45) is 3.05. The molecule has 1 saturated heterocycles. The van der Waals surface area contributed by atoms with E-state index in [1.165, 1.54) is 10.4 Å². The molecule has 1 unspecified atom stereocenters. The van der Waals surface area contributed by atoms with Crippen LogP contribution in [0.2, 0.25) is 0 Å². The van der Waals surface area contributed by atoms with E-state index in [9.17, 15) is 8.42 Å². The van der Waals surface area contributed by atoms with Gasteiger partial charge in [-0.3, -0.25) is 0 Å². The molecule has 1 aromatic rings. The first kappa shape index (κ1) is 16.3. The molecule has 0 aliphatic carbocycles. The van der Waals surface area contributed by atoms with Crippen molar-refractivity contribution < 1.29 is 13.2 Å². The number of aryl methyl sites for hydroxylation is 1. The number of likely N-dealkylation sites (N-methyl/N-ethyl adjacent to an activating group) is 1. The SMILES string of the molecule is Cc1cc(S(=O)(=O)N(C)CC2CCCCO2)cc(N)c1C. The number of ether oxygens (including phenoxy) is 1. The van der Waals surface area contributed by atoms with E-state index in [1.807, 2.05) is 13.8 Å². The topological polar surface area (TPSA) is 72.6 Å². The summed E-state index contributed by atoms with van der Waals surface area (Å²) in [5.41, 5.74) is 8.21. The number of nitrogen functional groups attached to an aromatic ring is 1. The van der Waals surface area contributed by atoms with Gasteiger partial charge in [0.15, 0.2) is 0 Å². The molecule has 1 aliphatic heterocycles. The van der Waals surface area contributed by atoms with Crippen LogP contribution in [0, 0.1) is 13.8 Å². The fourth-order valence-electron chi connectivity index (χ4n) is 2.52. The maximum Gasteiger partial charge on any atom is 0.242 e. The Hall–Kier alpha value is -1.11. The highest BCUT2D eigenvalue weighted by Crippen LogP contribution is 2.24. The van der Waals surface area contributed by atoms with Gasteiger partial charge in [0.25, 0.3) is 0 Å². The van der Waals surface area contributed by atoms with Crippen molar-refractivity contribution >= 4 is 15.7 Å². The molecule has 0 radical (unpaired) electrons. The standard InChI is InChI=1S/C15H24N2O3S/c1-11-8-14(9-15(16)12(11)2)21(18,19)17(3)10-13-6-4-5-7-20-13/h8-9,13H,4-7,10,16H2,1-3H3. The van der Waals surface area contributed by atoms with Crippen molar-refractivity contribution in [2.75, 3.05) is 25.9 Å². The second-order valence-corrected chi connectivity index (χ2v) is 7.77. The minimum atomic E-state index is -3.53. The van der Waals surface area contributed by atoms with Gasteiger partial charge in [-0.15, -0.1) is 0 Å². The molecule has 1 atom stereocenters. The van der Waals surface area contributed by atoms with Crippen LogP contribution < -0.4 is 5.73 Å². The van der Waals surface area contributed by atoms with E-state index in [0.717, 1.165) is 37.0 Å². The molecule has 1 aromatic carbocycles. The maximum absolute atomic E-state index is 12.6. The second kappa shape index (κ2) is 6.34. The minimum absolute atomic E-state index is 0.0117. The van der Waals surface area contributed by atoms with Gasteiger partial charge in [0, 0.05) is 25.9 Å². The molecule has 1 aliphatic rings. The van der Waals surface area contributed by atoms with Crippen LogP contribution in [0.25, 0.3) is 0 Å². The number of benzene rings is 1. The number of sulfonamides is 1. The van der Waals surface area contributed by atoms with Crippen LogP contribution in [0.1, 0.15) is 30.4 Å². The smallest absolute Gasteiger partial charge is 0.242 e. The first-order valence-corrected chi connectivity index (χ1v) is 8.71. The van der Waals surface area contributed by atoms with Crippen molar-refractivity contribution in [3.8, 4) is 0 Å². The number of anilines is 1. The summed E-state index contributed by atoms with van der Waals surface area (Å²) in [6, 6.07) is 3.22. The van der Waals surface area contributed by atoms with Crippen molar-refractivity contribution in [3.05, 3.63) is 23.3 Å². The maximum atomic E-state index is 12.6. The van der Waals surface area contributed by atoms with Gasteiger partial charge in [0.1, 0.15) is 0 Å². The molecule has 5 nitrogen and oxygen atoms in total. The van der Waals surface area contributed by atoms with E-state index < -0.39 is 10.0 Å². The third-order valence-corrected chi connectivity index (χ3v) is 5.93. The average molecular weight is 312 g/mol. The largest absolute Gasteiger partial charge is 0.398 e. The van der Waals surface area contributed by atoms with Crippen LogP contribution in [-0.4, -0.2) is 39.0 Å². The van der Waals surface area contributed by atoms with Gasteiger partial charge < -0.3 is 10.5 Å². The van der Waals surface area contributed by atoms with Gasteiger partial charge in [-0.1, -0.05) is 0 Å². The number of nitrogens with two attached hydrogens (primary N) is 1. The van der Waals surface area contributed by atoms with Crippen molar-refractivity contribution in [3.63, 3.8) is 0 Å². The molecule has 0 amide bonds. The molecule has 0 saturated carbocycles. The molecule has 0 aromatic heterocycles. The number of hydrogen-bond donors (Lipinski definition) is 1. The van der Waals surface area contributed by atoms with Crippen LogP contribution >= 0.6 is 0 Å². The Balaban J connectivity index is 2.20. The lowest BCUT2D eigenvalue weighted by Crippen LogP contribution is -2.37. The summed E-state index contributed by atoms with van der Waals surface area (Å²) in [7, 11) is -1.93.